The van der Waals surface area contributed by atoms with E-state index in [1.165, 1.54) is 28.8 Å². The van der Waals surface area contributed by atoms with Crippen molar-refractivity contribution in [3.63, 3.8) is 0 Å². The van der Waals surface area contributed by atoms with Crippen LogP contribution >= 0.6 is 39.9 Å². The number of carbonyl (C=O) groups is 1. The highest BCUT2D eigenvalue weighted by molar-refractivity contribution is 9.10. The fourth-order valence-electron chi connectivity index (χ4n) is 2.26. The molecule has 0 radical (unpaired) electrons. The smallest absolute Gasteiger partial charge is 0.270 e. The lowest BCUT2D eigenvalue weighted by atomic mass is 10.2. The van der Waals surface area contributed by atoms with Gasteiger partial charge in [0.15, 0.2) is 4.32 Å². The van der Waals surface area contributed by atoms with Crippen LogP contribution in [0.1, 0.15) is 5.56 Å². The Morgan fingerprint density at radius 3 is 2.79 bits per heavy atom. The molecule has 1 aliphatic heterocycles. The Hall–Kier alpha value is -1.70. The van der Waals surface area contributed by atoms with Gasteiger partial charge in [-0.05, 0) is 42.5 Å². The zero-order valence-corrected chi connectivity index (χ0v) is 15.7. The first-order chi connectivity index (χ1) is 11.5. The third-order valence-corrected chi connectivity index (χ3v) is 5.13. The van der Waals surface area contributed by atoms with Gasteiger partial charge in [-0.25, -0.2) is 4.39 Å². The number of hydrogen-bond donors (Lipinski definition) is 0. The summed E-state index contributed by atoms with van der Waals surface area (Å²) in [4.78, 5) is 14.5. The maximum Gasteiger partial charge on any atom is 0.270 e. The van der Waals surface area contributed by atoms with E-state index in [2.05, 4.69) is 15.9 Å². The van der Waals surface area contributed by atoms with Gasteiger partial charge in [-0.3, -0.25) is 9.69 Å². The molecule has 0 saturated carbocycles. The van der Waals surface area contributed by atoms with Crippen LogP contribution in [0.4, 0.5) is 10.1 Å². The summed E-state index contributed by atoms with van der Waals surface area (Å²) in [5.41, 5.74) is 1.17. The number of thioether (sulfide) groups is 1. The molecule has 0 unspecified atom stereocenters. The quantitative estimate of drug-likeness (QED) is 0.512. The Bertz CT molecular complexity index is 869. The molecule has 1 saturated heterocycles. The minimum Gasteiger partial charge on any atom is -0.496 e. The molecule has 0 aliphatic carbocycles. The molecule has 0 aromatic heterocycles. The van der Waals surface area contributed by atoms with Crippen LogP contribution in [0.25, 0.3) is 6.08 Å². The molecule has 0 N–H and O–H groups in total. The third-order valence-electron chi connectivity index (χ3n) is 3.34. The number of hydrogen-bond acceptors (Lipinski definition) is 4. The molecule has 3 nitrogen and oxygen atoms in total. The van der Waals surface area contributed by atoms with Gasteiger partial charge in [-0.2, -0.15) is 0 Å². The number of benzene rings is 2. The number of halogens is 2. The van der Waals surface area contributed by atoms with E-state index in [1.807, 2.05) is 18.2 Å². The second-order valence-electron chi connectivity index (χ2n) is 4.88. The minimum atomic E-state index is -0.417. The van der Waals surface area contributed by atoms with Crippen molar-refractivity contribution in [1.82, 2.24) is 0 Å². The minimum absolute atomic E-state index is 0.280. The molecule has 3 rings (SSSR count). The monoisotopic (exact) mass is 423 g/mol. The molecule has 1 aliphatic rings. The molecule has 2 aromatic rings. The number of rotatable bonds is 3. The van der Waals surface area contributed by atoms with Gasteiger partial charge in [0.25, 0.3) is 5.91 Å². The number of anilines is 1. The Kier molecular flexibility index (Phi) is 5.03. The Labute approximate surface area is 156 Å². The van der Waals surface area contributed by atoms with Crippen molar-refractivity contribution in [3.8, 4) is 5.75 Å². The van der Waals surface area contributed by atoms with E-state index in [0.717, 1.165) is 10.0 Å². The van der Waals surface area contributed by atoms with E-state index in [1.54, 1.807) is 25.3 Å². The summed E-state index contributed by atoms with van der Waals surface area (Å²) in [5.74, 6) is -0.0500. The Morgan fingerprint density at radius 1 is 1.29 bits per heavy atom. The molecule has 122 valence electrons. The summed E-state index contributed by atoms with van der Waals surface area (Å²) < 4.78 is 20.0. The van der Waals surface area contributed by atoms with E-state index in [0.29, 0.717) is 20.7 Å². The number of methoxy groups -OCH3 is 1. The summed E-state index contributed by atoms with van der Waals surface area (Å²) >= 11 is 9.87. The van der Waals surface area contributed by atoms with E-state index < -0.39 is 5.82 Å². The van der Waals surface area contributed by atoms with Crippen LogP contribution in [-0.4, -0.2) is 17.3 Å². The highest BCUT2D eigenvalue weighted by Gasteiger charge is 2.33. The summed E-state index contributed by atoms with van der Waals surface area (Å²) in [6.07, 6.45) is 1.72. The topological polar surface area (TPSA) is 29.5 Å². The average Bonchev–Trinajstić information content (AvgIpc) is 2.81. The molecule has 1 heterocycles. The van der Waals surface area contributed by atoms with Crippen LogP contribution in [0.2, 0.25) is 0 Å². The fourth-order valence-corrected chi connectivity index (χ4v) is 3.93. The van der Waals surface area contributed by atoms with Crippen LogP contribution in [0.3, 0.4) is 0 Å². The molecule has 7 heteroatoms. The van der Waals surface area contributed by atoms with E-state index >= 15 is 0 Å². The molecule has 1 fully saturated rings. The van der Waals surface area contributed by atoms with Crippen molar-refractivity contribution in [1.29, 1.82) is 0 Å². The van der Waals surface area contributed by atoms with Crippen molar-refractivity contribution in [2.75, 3.05) is 12.0 Å². The van der Waals surface area contributed by atoms with E-state index in [9.17, 15) is 9.18 Å². The SMILES string of the molecule is COc1ccc(Br)cc1/C=C1/SC(=S)N(c2cccc(F)c2)C1=O. The van der Waals surface area contributed by atoms with Crippen molar-refractivity contribution < 1.29 is 13.9 Å². The summed E-state index contributed by atoms with van der Waals surface area (Å²) in [6, 6.07) is 11.3. The molecule has 0 bridgehead atoms. The summed E-state index contributed by atoms with van der Waals surface area (Å²) in [6.45, 7) is 0. The van der Waals surface area contributed by atoms with Crippen molar-refractivity contribution in [3.05, 3.63) is 63.2 Å². The summed E-state index contributed by atoms with van der Waals surface area (Å²) in [7, 11) is 1.57. The molecular formula is C17H11BrFNO2S2. The summed E-state index contributed by atoms with van der Waals surface area (Å²) in [5, 5.41) is 0. The normalized spacial score (nSPS) is 16.1. The van der Waals surface area contributed by atoms with Crippen LogP contribution in [0, 0.1) is 5.82 Å². The van der Waals surface area contributed by atoms with Crippen LogP contribution < -0.4 is 9.64 Å². The highest BCUT2D eigenvalue weighted by Crippen LogP contribution is 2.37. The fraction of sp³-hybridized carbons (Fsp3) is 0.0588. The maximum atomic E-state index is 13.4. The first kappa shape index (κ1) is 17.1. The number of amides is 1. The van der Waals surface area contributed by atoms with Crippen LogP contribution in [-0.2, 0) is 4.79 Å². The van der Waals surface area contributed by atoms with E-state index in [4.69, 9.17) is 17.0 Å². The number of ether oxygens (including phenoxy) is 1. The van der Waals surface area contributed by atoms with Crippen molar-refractivity contribution >= 4 is 61.9 Å². The first-order valence-electron chi connectivity index (χ1n) is 6.86. The van der Waals surface area contributed by atoms with Crippen molar-refractivity contribution in [2.45, 2.75) is 0 Å². The maximum absolute atomic E-state index is 13.4. The van der Waals surface area contributed by atoms with Crippen molar-refractivity contribution in [2.24, 2.45) is 0 Å². The van der Waals surface area contributed by atoms with Gasteiger partial charge in [0.2, 0.25) is 0 Å². The lowest BCUT2D eigenvalue weighted by Gasteiger charge is -2.14. The number of nitrogens with zero attached hydrogens (tertiary/aromatic N) is 1. The lowest BCUT2D eigenvalue weighted by Crippen LogP contribution is -2.27. The molecule has 0 atom stereocenters. The van der Waals surface area contributed by atoms with Gasteiger partial charge in [-0.15, -0.1) is 0 Å². The lowest BCUT2D eigenvalue weighted by molar-refractivity contribution is -0.113. The molecule has 24 heavy (non-hydrogen) atoms. The molecule has 1 amide bonds. The van der Waals surface area contributed by atoms with Crippen LogP contribution in [0.15, 0.2) is 51.8 Å². The second kappa shape index (κ2) is 7.04. The average molecular weight is 424 g/mol. The molecule has 0 spiro atoms. The molecule has 2 aromatic carbocycles. The van der Waals surface area contributed by atoms with Gasteiger partial charge >= 0.3 is 0 Å². The third kappa shape index (κ3) is 3.38. The van der Waals surface area contributed by atoms with E-state index in [-0.39, 0.29) is 5.91 Å². The van der Waals surface area contributed by atoms with Gasteiger partial charge in [0.05, 0.1) is 17.7 Å². The number of thiocarbonyl (C=S) groups is 1. The highest BCUT2D eigenvalue weighted by atomic mass is 79.9. The first-order valence-corrected chi connectivity index (χ1v) is 8.88. The number of carbonyl (C=O) groups excluding carboxylic acids is 1. The van der Waals surface area contributed by atoms with Crippen LogP contribution in [0.5, 0.6) is 5.75 Å². The zero-order chi connectivity index (χ0) is 17.3. The predicted octanol–water partition coefficient (Wildman–Crippen LogP) is 5.00. The van der Waals surface area contributed by atoms with Gasteiger partial charge < -0.3 is 4.74 Å². The van der Waals surface area contributed by atoms with Gasteiger partial charge in [-0.1, -0.05) is 46.0 Å². The molecular weight excluding hydrogens is 413 g/mol. The largest absolute Gasteiger partial charge is 0.496 e. The van der Waals surface area contributed by atoms with Gasteiger partial charge in [0.1, 0.15) is 11.6 Å². The Morgan fingerprint density at radius 2 is 2.08 bits per heavy atom. The van der Waals surface area contributed by atoms with Gasteiger partial charge in [0, 0.05) is 10.0 Å². The second-order valence-corrected chi connectivity index (χ2v) is 7.47. The standard InChI is InChI=1S/C17H11BrFNO2S2/c1-22-14-6-5-11(18)7-10(14)8-15-16(21)20(17(23)24-15)13-4-2-3-12(19)9-13/h2-9H,1H3/b15-8+. The predicted molar refractivity (Wildman–Crippen MR) is 103 cm³/mol. The Balaban J connectivity index is 1.99. The zero-order valence-electron chi connectivity index (χ0n) is 12.5.